The first-order chi connectivity index (χ1) is 16.8. The van der Waals surface area contributed by atoms with Crippen LogP contribution in [0.15, 0.2) is 77.7 Å². The molecule has 0 aliphatic carbocycles. The number of rotatable bonds is 8. The highest BCUT2D eigenvalue weighted by Crippen LogP contribution is 2.32. The molecule has 1 fully saturated rings. The lowest BCUT2D eigenvalue weighted by Gasteiger charge is -2.35. The first-order valence-electron chi connectivity index (χ1n) is 10.8. The Hall–Kier alpha value is -4.03. The molecule has 35 heavy (non-hydrogen) atoms. The van der Waals surface area contributed by atoms with Crippen molar-refractivity contribution in [1.29, 1.82) is 0 Å². The molecule has 1 aliphatic heterocycles. The fourth-order valence-corrected chi connectivity index (χ4v) is 5.55. The van der Waals surface area contributed by atoms with Gasteiger partial charge in [0, 0.05) is 50.5 Å². The minimum atomic E-state index is -4.05. The van der Waals surface area contributed by atoms with E-state index in [1.54, 1.807) is 12.1 Å². The van der Waals surface area contributed by atoms with Crippen molar-refractivity contribution in [3.8, 4) is 0 Å². The average Bonchev–Trinajstić information content (AvgIpc) is 2.88. The van der Waals surface area contributed by atoms with Gasteiger partial charge in [-0.15, -0.1) is 0 Å². The maximum absolute atomic E-state index is 13.1. The number of nitrogens with zero attached hydrogens (tertiary/aromatic N) is 4. The van der Waals surface area contributed by atoms with Crippen LogP contribution >= 0.6 is 0 Å². The van der Waals surface area contributed by atoms with E-state index in [4.69, 9.17) is 0 Å². The van der Waals surface area contributed by atoms with Gasteiger partial charge in [0.25, 0.3) is 11.4 Å². The molecule has 4 rings (SSSR count). The molecule has 3 aromatic rings. The van der Waals surface area contributed by atoms with Crippen LogP contribution in [0.25, 0.3) is 0 Å². The molecular formula is C23H23N5O6S. The third-order valence-electron chi connectivity index (χ3n) is 5.79. The van der Waals surface area contributed by atoms with E-state index >= 15 is 0 Å². The van der Waals surface area contributed by atoms with Crippen molar-refractivity contribution in [2.75, 3.05) is 36.4 Å². The van der Waals surface area contributed by atoms with Gasteiger partial charge in [-0.3, -0.25) is 20.2 Å². The SMILES string of the molecule is O=[N+]([O-])c1ccc(N2CCN(S(=O)(=O)c3ccccc3[N+](=O)[O-])CC2)cc1NCc1ccccc1. The van der Waals surface area contributed by atoms with Gasteiger partial charge in [-0.25, -0.2) is 8.42 Å². The Morgan fingerprint density at radius 2 is 1.43 bits per heavy atom. The summed E-state index contributed by atoms with van der Waals surface area (Å²) >= 11 is 0. The van der Waals surface area contributed by atoms with Crippen molar-refractivity contribution < 1.29 is 18.3 Å². The van der Waals surface area contributed by atoms with Crippen molar-refractivity contribution >= 4 is 32.8 Å². The lowest BCUT2D eigenvalue weighted by molar-refractivity contribution is -0.387. The van der Waals surface area contributed by atoms with Crippen molar-refractivity contribution in [1.82, 2.24) is 4.31 Å². The molecule has 0 aromatic heterocycles. The van der Waals surface area contributed by atoms with E-state index in [1.165, 1.54) is 34.6 Å². The molecule has 0 unspecified atom stereocenters. The molecule has 12 heteroatoms. The predicted octanol–water partition coefficient (Wildman–Crippen LogP) is 3.63. The highest BCUT2D eigenvalue weighted by atomic mass is 32.2. The van der Waals surface area contributed by atoms with Crippen LogP contribution in [0.4, 0.5) is 22.7 Å². The zero-order valence-electron chi connectivity index (χ0n) is 18.6. The molecule has 1 aliphatic rings. The van der Waals surface area contributed by atoms with Gasteiger partial charge in [-0.1, -0.05) is 42.5 Å². The maximum atomic E-state index is 13.1. The third kappa shape index (κ3) is 5.23. The Balaban J connectivity index is 1.50. The first kappa shape index (κ1) is 24.1. The molecule has 0 atom stereocenters. The Kier molecular flexibility index (Phi) is 6.94. The Bertz CT molecular complexity index is 1340. The Labute approximate surface area is 202 Å². The van der Waals surface area contributed by atoms with E-state index in [2.05, 4.69) is 5.32 Å². The second kappa shape index (κ2) is 10.1. The maximum Gasteiger partial charge on any atom is 0.292 e. The van der Waals surface area contributed by atoms with Gasteiger partial charge in [0.1, 0.15) is 5.69 Å². The van der Waals surface area contributed by atoms with Crippen molar-refractivity contribution in [3.05, 3.63) is 98.6 Å². The van der Waals surface area contributed by atoms with Crippen LogP contribution in [-0.4, -0.2) is 48.7 Å². The fraction of sp³-hybridized carbons (Fsp3) is 0.217. The van der Waals surface area contributed by atoms with Crippen LogP contribution in [0.2, 0.25) is 0 Å². The Morgan fingerprint density at radius 1 is 0.800 bits per heavy atom. The largest absolute Gasteiger partial charge is 0.375 e. The molecule has 182 valence electrons. The third-order valence-corrected chi connectivity index (χ3v) is 7.73. The van der Waals surface area contributed by atoms with Crippen LogP contribution in [0.3, 0.4) is 0 Å². The zero-order valence-corrected chi connectivity index (χ0v) is 19.4. The molecule has 0 saturated carbocycles. The van der Waals surface area contributed by atoms with Crippen molar-refractivity contribution in [3.63, 3.8) is 0 Å². The monoisotopic (exact) mass is 497 g/mol. The molecule has 0 spiro atoms. The van der Waals surface area contributed by atoms with Crippen LogP contribution in [0, 0.1) is 20.2 Å². The quantitative estimate of drug-likeness (QED) is 0.368. The van der Waals surface area contributed by atoms with E-state index in [1.807, 2.05) is 35.2 Å². The van der Waals surface area contributed by atoms with Crippen LogP contribution in [0.5, 0.6) is 0 Å². The number of sulfonamides is 1. The summed E-state index contributed by atoms with van der Waals surface area (Å²) in [5.74, 6) is 0. The summed E-state index contributed by atoms with van der Waals surface area (Å²) in [6, 6.07) is 19.5. The predicted molar refractivity (Wildman–Crippen MR) is 131 cm³/mol. The lowest BCUT2D eigenvalue weighted by atomic mass is 10.2. The number of piperazine rings is 1. The number of nitro benzene ring substituents is 2. The van der Waals surface area contributed by atoms with E-state index < -0.39 is 25.6 Å². The zero-order chi connectivity index (χ0) is 25.0. The van der Waals surface area contributed by atoms with E-state index in [0.29, 0.717) is 31.0 Å². The highest BCUT2D eigenvalue weighted by molar-refractivity contribution is 7.89. The molecule has 1 saturated heterocycles. The normalized spacial score (nSPS) is 14.5. The first-order valence-corrected chi connectivity index (χ1v) is 12.3. The van der Waals surface area contributed by atoms with Crippen molar-refractivity contribution in [2.24, 2.45) is 0 Å². The Morgan fingerprint density at radius 3 is 2.09 bits per heavy atom. The summed E-state index contributed by atoms with van der Waals surface area (Å²) in [4.78, 5) is 23.3. The van der Waals surface area contributed by atoms with Crippen molar-refractivity contribution in [2.45, 2.75) is 11.4 Å². The average molecular weight is 498 g/mol. The summed E-state index contributed by atoms with van der Waals surface area (Å²) in [5.41, 5.74) is 1.54. The van der Waals surface area contributed by atoms with Gasteiger partial charge in [0.05, 0.1) is 9.85 Å². The second-order valence-electron chi connectivity index (χ2n) is 7.91. The molecule has 0 bridgehead atoms. The van der Waals surface area contributed by atoms with E-state index in [0.717, 1.165) is 5.56 Å². The topological polar surface area (TPSA) is 139 Å². The van der Waals surface area contributed by atoms with Gasteiger partial charge in [-0.05, 0) is 23.8 Å². The highest BCUT2D eigenvalue weighted by Gasteiger charge is 2.33. The molecule has 1 N–H and O–H groups in total. The van der Waals surface area contributed by atoms with E-state index in [9.17, 15) is 28.6 Å². The van der Waals surface area contributed by atoms with Gasteiger partial charge < -0.3 is 10.2 Å². The molecule has 0 radical (unpaired) electrons. The standard InChI is InChI=1S/C23H23N5O6S/c29-27(30)21-11-10-19(16-20(21)24-17-18-6-2-1-3-7-18)25-12-14-26(15-13-25)35(33,34)23-9-5-4-8-22(23)28(31)32/h1-11,16,24H,12-15,17H2. The number of benzene rings is 3. The van der Waals surface area contributed by atoms with Gasteiger partial charge >= 0.3 is 0 Å². The second-order valence-corrected chi connectivity index (χ2v) is 9.82. The summed E-state index contributed by atoms with van der Waals surface area (Å²) in [7, 11) is -4.05. The minimum Gasteiger partial charge on any atom is -0.375 e. The number of hydrogen-bond acceptors (Lipinski definition) is 8. The number of hydrogen-bond donors (Lipinski definition) is 1. The van der Waals surface area contributed by atoms with Crippen LogP contribution in [-0.2, 0) is 16.6 Å². The van der Waals surface area contributed by atoms with Crippen LogP contribution < -0.4 is 10.2 Å². The molecule has 1 heterocycles. The minimum absolute atomic E-state index is 0.0534. The van der Waals surface area contributed by atoms with Crippen LogP contribution in [0.1, 0.15) is 5.56 Å². The number of nitro groups is 2. The van der Waals surface area contributed by atoms with Gasteiger partial charge in [-0.2, -0.15) is 4.31 Å². The van der Waals surface area contributed by atoms with Gasteiger partial charge in [0.15, 0.2) is 4.90 Å². The number of nitrogens with one attached hydrogen (secondary N) is 1. The molecule has 11 nitrogen and oxygen atoms in total. The lowest BCUT2D eigenvalue weighted by Crippen LogP contribution is -2.48. The van der Waals surface area contributed by atoms with E-state index in [-0.39, 0.29) is 23.7 Å². The molecule has 3 aromatic carbocycles. The molecule has 0 amide bonds. The summed E-state index contributed by atoms with van der Waals surface area (Å²) in [6.45, 7) is 1.31. The number of anilines is 2. The summed E-state index contributed by atoms with van der Waals surface area (Å²) in [5, 5.41) is 25.9. The summed E-state index contributed by atoms with van der Waals surface area (Å²) in [6.07, 6.45) is 0. The summed E-state index contributed by atoms with van der Waals surface area (Å²) < 4.78 is 27.4. The number of para-hydroxylation sites is 1. The molecular weight excluding hydrogens is 474 g/mol. The fourth-order valence-electron chi connectivity index (χ4n) is 3.97. The van der Waals surface area contributed by atoms with Gasteiger partial charge in [0.2, 0.25) is 10.0 Å². The smallest absolute Gasteiger partial charge is 0.292 e.